The van der Waals surface area contributed by atoms with E-state index < -0.39 is 0 Å². The predicted octanol–water partition coefficient (Wildman–Crippen LogP) is 2.36. The van der Waals surface area contributed by atoms with Crippen LogP contribution in [-0.4, -0.2) is 23.6 Å². The fourth-order valence-electron chi connectivity index (χ4n) is 2.33. The highest BCUT2D eigenvalue weighted by atomic mass is 32.1. The van der Waals surface area contributed by atoms with E-state index in [1.807, 2.05) is 6.92 Å². The SMILES string of the molecule is CCOc1c(N)nsc1N1CC(C)CC1C. The van der Waals surface area contributed by atoms with Crippen molar-refractivity contribution < 1.29 is 4.74 Å². The lowest BCUT2D eigenvalue weighted by molar-refractivity contribution is 0.343. The van der Waals surface area contributed by atoms with Crippen molar-refractivity contribution in [2.75, 3.05) is 23.8 Å². The molecule has 90 valence electrons. The van der Waals surface area contributed by atoms with Gasteiger partial charge >= 0.3 is 0 Å². The van der Waals surface area contributed by atoms with Gasteiger partial charge in [-0.3, -0.25) is 0 Å². The summed E-state index contributed by atoms with van der Waals surface area (Å²) in [6.07, 6.45) is 1.23. The van der Waals surface area contributed by atoms with Crippen molar-refractivity contribution in [3.8, 4) is 5.75 Å². The second-order valence-corrected chi connectivity index (χ2v) is 5.23. The number of rotatable bonds is 3. The lowest BCUT2D eigenvalue weighted by Gasteiger charge is -2.22. The van der Waals surface area contributed by atoms with Gasteiger partial charge in [-0.15, -0.1) is 0 Å². The molecule has 0 spiro atoms. The van der Waals surface area contributed by atoms with E-state index >= 15 is 0 Å². The Hall–Kier alpha value is -0.970. The van der Waals surface area contributed by atoms with Crippen LogP contribution in [0, 0.1) is 5.92 Å². The van der Waals surface area contributed by atoms with Crippen molar-refractivity contribution in [2.24, 2.45) is 5.92 Å². The number of aromatic nitrogens is 1. The summed E-state index contributed by atoms with van der Waals surface area (Å²) in [5.41, 5.74) is 5.82. The van der Waals surface area contributed by atoms with Crippen molar-refractivity contribution in [3.63, 3.8) is 0 Å². The predicted molar refractivity (Wildman–Crippen MR) is 68.3 cm³/mol. The summed E-state index contributed by atoms with van der Waals surface area (Å²) in [5, 5.41) is 1.09. The van der Waals surface area contributed by atoms with Crippen LogP contribution in [-0.2, 0) is 0 Å². The van der Waals surface area contributed by atoms with Gasteiger partial charge in [-0.05, 0) is 37.7 Å². The standard InChI is InChI=1S/C11H19N3OS/c1-4-15-9-10(12)13-16-11(9)14-6-7(2)5-8(14)3/h7-8H,4-6H2,1-3H3,(H2,12,13). The first-order valence-electron chi connectivity index (χ1n) is 5.78. The molecule has 2 rings (SSSR count). The minimum absolute atomic E-state index is 0.522. The van der Waals surface area contributed by atoms with Gasteiger partial charge in [0.25, 0.3) is 0 Å². The van der Waals surface area contributed by atoms with Crippen molar-refractivity contribution in [1.29, 1.82) is 0 Å². The van der Waals surface area contributed by atoms with Gasteiger partial charge in [0.15, 0.2) is 16.6 Å². The van der Waals surface area contributed by atoms with Crippen LogP contribution in [0.25, 0.3) is 0 Å². The molecule has 0 saturated carbocycles. The molecule has 2 heterocycles. The third kappa shape index (κ3) is 1.96. The molecule has 0 bridgehead atoms. The van der Waals surface area contributed by atoms with E-state index in [2.05, 4.69) is 23.1 Å². The molecule has 16 heavy (non-hydrogen) atoms. The van der Waals surface area contributed by atoms with Crippen molar-refractivity contribution in [3.05, 3.63) is 0 Å². The summed E-state index contributed by atoms with van der Waals surface area (Å²) in [5.74, 6) is 2.02. The van der Waals surface area contributed by atoms with Crippen LogP contribution < -0.4 is 15.4 Å². The Morgan fingerprint density at radius 3 is 2.88 bits per heavy atom. The topological polar surface area (TPSA) is 51.4 Å². The lowest BCUT2D eigenvalue weighted by atomic mass is 10.1. The van der Waals surface area contributed by atoms with Gasteiger partial charge in [0.05, 0.1) is 6.61 Å². The van der Waals surface area contributed by atoms with E-state index in [0.29, 0.717) is 18.5 Å². The largest absolute Gasteiger partial charge is 0.487 e. The Labute approximate surface area is 101 Å². The summed E-state index contributed by atoms with van der Waals surface area (Å²) < 4.78 is 9.78. The molecule has 5 heteroatoms. The van der Waals surface area contributed by atoms with Gasteiger partial charge in [0, 0.05) is 12.6 Å². The molecular weight excluding hydrogens is 222 g/mol. The Balaban J connectivity index is 2.26. The summed E-state index contributed by atoms with van der Waals surface area (Å²) in [4.78, 5) is 2.36. The fourth-order valence-corrected chi connectivity index (χ4v) is 3.20. The number of nitrogen functional groups attached to an aromatic ring is 1. The van der Waals surface area contributed by atoms with Crippen LogP contribution in [0.15, 0.2) is 0 Å². The summed E-state index contributed by atoms with van der Waals surface area (Å²) in [6, 6.07) is 0.550. The normalized spacial score (nSPS) is 25.1. The van der Waals surface area contributed by atoms with Crippen LogP contribution in [0.4, 0.5) is 10.8 Å². The van der Waals surface area contributed by atoms with Gasteiger partial charge in [0.1, 0.15) is 0 Å². The third-order valence-electron chi connectivity index (χ3n) is 2.99. The smallest absolute Gasteiger partial charge is 0.197 e. The van der Waals surface area contributed by atoms with Gasteiger partial charge in [-0.25, -0.2) is 0 Å². The van der Waals surface area contributed by atoms with Crippen LogP contribution in [0.3, 0.4) is 0 Å². The van der Waals surface area contributed by atoms with Crippen LogP contribution in [0.1, 0.15) is 27.2 Å². The second kappa shape index (κ2) is 4.49. The quantitative estimate of drug-likeness (QED) is 0.882. The Morgan fingerprint density at radius 2 is 2.31 bits per heavy atom. The molecular formula is C11H19N3OS. The Bertz CT molecular complexity index is 366. The molecule has 1 aromatic rings. The van der Waals surface area contributed by atoms with Crippen molar-refractivity contribution >= 4 is 22.4 Å². The first-order valence-corrected chi connectivity index (χ1v) is 6.55. The fraction of sp³-hybridized carbons (Fsp3) is 0.727. The molecule has 4 nitrogen and oxygen atoms in total. The average Bonchev–Trinajstić information content (AvgIpc) is 2.73. The average molecular weight is 241 g/mol. The zero-order valence-electron chi connectivity index (χ0n) is 10.1. The van der Waals surface area contributed by atoms with Crippen molar-refractivity contribution in [2.45, 2.75) is 33.2 Å². The number of nitrogens with two attached hydrogens (primary N) is 1. The molecule has 0 aliphatic carbocycles. The molecule has 0 radical (unpaired) electrons. The van der Waals surface area contributed by atoms with E-state index in [1.54, 1.807) is 0 Å². The molecule has 2 unspecified atom stereocenters. The molecule has 2 atom stereocenters. The third-order valence-corrected chi connectivity index (χ3v) is 3.87. The maximum Gasteiger partial charge on any atom is 0.197 e. The number of hydrogen-bond donors (Lipinski definition) is 1. The summed E-state index contributed by atoms with van der Waals surface area (Å²) >= 11 is 1.45. The highest BCUT2D eigenvalue weighted by Crippen LogP contribution is 2.42. The maximum atomic E-state index is 5.82. The highest BCUT2D eigenvalue weighted by Gasteiger charge is 2.30. The zero-order valence-corrected chi connectivity index (χ0v) is 10.9. The number of nitrogens with zero attached hydrogens (tertiary/aromatic N) is 2. The molecule has 0 aromatic carbocycles. The van der Waals surface area contributed by atoms with Crippen molar-refractivity contribution in [1.82, 2.24) is 4.37 Å². The molecule has 1 aliphatic heterocycles. The second-order valence-electron chi connectivity index (χ2n) is 4.48. The van der Waals surface area contributed by atoms with Gasteiger partial charge < -0.3 is 15.4 Å². The number of hydrogen-bond acceptors (Lipinski definition) is 5. The maximum absolute atomic E-state index is 5.82. The summed E-state index contributed by atoms with van der Waals surface area (Å²) in [7, 11) is 0. The van der Waals surface area contributed by atoms with Crippen LogP contribution in [0.5, 0.6) is 5.75 Å². The van der Waals surface area contributed by atoms with Gasteiger partial charge in [-0.2, -0.15) is 4.37 Å². The van der Waals surface area contributed by atoms with Gasteiger partial charge in [0.2, 0.25) is 0 Å². The molecule has 1 fully saturated rings. The first kappa shape index (κ1) is 11.5. The number of ether oxygens (including phenoxy) is 1. The molecule has 1 aromatic heterocycles. The van der Waals surface area contributed by atoms with Crippen LogP contribution in [0.2, 0.25) is 0 Å². The Kier molecular flexibility index (Phi) is 3.23. The minimum atomic E-state index is 0.522. The lowest BCUT2D eigenvalue weighted by Crippen LogP contribution is -2.26. The summed E-state index contributed by atoms with van der Waals surface area (Å²) in [6.45, 7) is 8.20. The van der Waals surface area contributed by atoms with Gasteiger partial charge in [-0.1, -0.05) is 6.92 Å². The van der Waals surface area contributed by atoms with E-state index in [9.17, 15) is 0 Å². The minimum Gasteiger partial charge on any atom is -0.487 e. The first-order chi connectivity index (χ1) is 7.63. The zero-order chi connectivity index (χ0) is 11.7. The van der Waals surface area contributed by atoms with E-state index in [1.165, 1.54) is 18.0 Å². The molecule has 1 aliphatic rings. The number of anilines is 2. The van der Waals surface area contributed by atoms with E-state index in [0.717, 1.165) is 23.2 Å². The molecule has 0 amide bonds. The van der Waals surface area contributed by atoms with E-state index in [-0.39, 0.29) is 0 Å². The van der Waals surface area contributed by atoms with E-state index in [4.69, 9.17) is 10.5 Å². The molecule has 2 N–H and O–H groups in total. The highest BCUT2D eigenvalue weighted by molar-refractivity contribution is 7.11. The molecule has 1 saturated heterocycles. The van der Waals surface area contributed by atoms with Crippen LogP contribution >= 0.6 is 11.5 Å². The monoisotopic (exact) mass is 241 g/mol. The Morgan fingerprint density at radius 1 is 1.56 bits per heavy atom.